The predicted octanol–water partition coefficient (Wildman–Crippen LogP) is 3.28. The SMILES string of the molecule is CCNS(=O)(=O)c1ccccc1NCc1cc(C)c(C)s1. The number of nitrogens with one attached hydrogen (secondary N) is 2. The van der Waals surface area contributed by atoms with E-state index in [1.165, 1.54) is 15.3 Å². The van der Waals surface area contributed by atoms with Crippen LogP contribution in [0.2, 0.25) is 0 Å². The Morgan fingerprint density at radius 1 is 1.19 bits per heavy atom. The molecule has 6 heteroatoms. The van der Waals surface area contributed by atoms with Gasteiger partial charge in [-0.2, -0.15) is 0 Å². The van der Waals surface area contributed by atoms with E-state index in [1.807, 2.05) is 6.07 Å². The van der Waals surface area contributed by atoms with Crippen LogP contribution in [0.1, 0.15) is 22.2 Å². The van der Waals surface area contributed by atoms with Crippen molar-refractivity contribution >= 4 is 27.0 Å². The minimum absolute atomic E-state index is 0.289. The number of thiophene rings is 1. The van der Waals surface area contributed by atoms with E-state index in [-0.39, 0.29) is 4.90 Å². The van der Waals surface area contributed by atoms with Gasteiger partial charge in [0, 0.05) is 22.8 Å². The standard InChI is InChI=1S/C15H20N2O2S2/c1-4-17-21(18,19)15-8-6-5-7-14(15)16-10-13-9-11(2)12(3)20-13/h5-9,16-17H,4,10H2,1-3H3. The largest absolute Gasteiger partial charge is 0.379 e. The zero-order valence-corrected chi connectivity index (χ0v) is 14.1. The van der Waals surface area contributed by atoms with E-state index in [0.717, 1.165) is 0 Å². The van der Waals surface area contributed by atoms with Crippen molar-refractivity contribution in [2.75, 3.05) is 11.9 Å². The van der Waals surface area contributed by atoms with E-state index in [0.29, 0.717) is 18.8 Å². The Kier molecular flexibility index (Phi) is 5.03. The second kappa shape index (κ2) is 6.60. The summed E-state index contributed by atoms with van der Waals surface area (Å²) in [5.74, 6) is 0. The van der Waals surface area contributed by atoms with Crippen LogP contribution in [0.5, 0.6) is 0 Å². The molecule has 2 rings (SSSR count). The molecule has 2 N–H and O–H groups in total. The van der Waals surface area contributed by atoms with E-state index in [2.05, 4.69) is 30.0 Å². The number of para-hydroxylation sites is 1. The molecule has 0 saturated heterocycles. The number of aryl methyl sites for hydroxylation is 2. The van der Waals surface area contributed by atoms with Crippen LogP contribution in [0.4, 0.5) is 5.69 Å². The minimum atomic E-state index is -3.46. The number of hydrogen-bond acceptors (Lipinski definition) is 4. The molecule has 0 aliphatic rings. The molecule has 1 aromatic carbocycles. The summed E-state index contributed by atoms with van der Waals surface area (Å²) in [6.07, 6.45) is 0. The fourth-order valence-corrected chi connectivity index (χ4v) is 4.25. The molecule has 0 fully saturated rings. The van der Waals surface area contributed by atoms with E-state index in [9.17, 15) is 8.42 Å². The molecule has 0 aliphatic heterocycles. The molecule has 1 heterocycles. The molecule has 0 atom stereocenters. The maximum Gasteiger partial charge on any atom is 0.242 e. The summed E-state index contributed by atoms with van der Waals surface area (Å²) in [5, 5.41) is 3.23. The fraction of sp³-hybridized carbons (Fsp3) is 0.333. The van der Waals surface area contributed by atoms with Gasteiger partial charge in [0.1, 0.15) is 4.90 Å². The van der Waals surface area contributed by atoms with Crippen LogP contribution in [0.3, 0.4) is 0 Å². The lowest BCUT2D eigenvalue weighted by atomic mass is 10.3. The quantitative estimate of drug-likeness (QED) is 0.857. The van der Waals surface area contributed by atoms with Crippen LogP contribution >= 0.6 is 11.3 Å². The molecule has 0 unspecified atom stereocenters. The van der Waals surface area contributed by atoms with Gasteiger partial charge in [-0.3, -0.25) is 0 Å². The first kappa shape index (κ1) is 16.0. The summed E-state index contributed by atoms with van der Waals surface area (Å²) in [6.45, 7) is 6.94. The monoisotopic (exact) mass is 324 g/mol. The van der Waals surface area contributed by atoms with Crippen LogP contribution in [0.15, 0.2) is 35.2 Å². The average molecular weight is 324 g/mol. The first-order valence-corrected chi connectivity index (χ1v) is 9.12. The molecule has 0 aliphatic carbocycles. The molecule has 0 amide bonds. The van der Waals surface area contributed by atoms with Crippen molar-refractivity contribution in [3.8, 4) is 0 Å². The number of sulfonamides is 1. The van der Waals surface area contributed by atoms with Gasteiger partial charge in [0.05, 0.1) is 5.69 Å². The lowest BCUT2D eigenvalue weighted by molar-refractivity contribution is 0.584. The molecule has 2 aromatic rings. The average Bonchev–Trinajstić information content (AvgIpc) is 2.76. The molecule has 4 nitrogen and oxygen atoms in total. The van der Waals surface area contributed by atoms with E-state index in [1.54, 1.807) is 36.5 Å². The summed E-state index contributed by atoms with van der Waals surface area (Å²) in [5.41, 5.74) is 1.90. The van der Waals surface area contributed by atoms with Crippen molar-refractivity contribution in [2.24, 2.45) is 0 Å². The molecule has 1 aromatic heterocycles. The number of hydrogen-bond donors (Lipinski definition) is 2. The Bertz CT molecular complexity index is 702. The molecule has 0 saturated carbocycles. The van der Waals surface area contributed by atoms with Crippen LogP contribution in [-0.2, 0) is 16.6 Å². The van der Waals surface area contributed by atoms with Crippen molar-refractivity contribution in [2.45, 2.75) is 32.2 Å². The molecule has 0 spiro atoms. The molecular formula is C15H20N2O2S2. The summed E-state index contributed by atoms with van der Waals surface area (Å²) in [7, 11) is -3.46. The zero-order valence-electron chi connectivity index (χ0n) is 12.4. The van der Waals surface area contributed by atoms with Gasteiger partial charge < -0.3 is 5.32 Å². The number of anilines is 1. The second-order valence-corrected chi connectivity index (χ2v) is 7.88. The maximum absolute atomic E-state index is 12.2. The van der Waals surface area contributed by atoms with Gasteiger partial charge >= 0.3 is 0 Å². The van der Waals surface area contributed by atoms with Crippen LogP contribution < -0.4 is 10.0 Å². The van der Waals surface area contributed by atoms with E-state index >= 15 is 0 Å². The number of rotatable bonds is 6. The Labute approximate surface area is 130 Å². The molecule has 0 radical (unpaired) electrons. The van der Waals surface area contributed by atoms with Gasteiger partial charge in [0.2, 0.25) is 10.0 Å². The summed E-state index contributed by atoms with van der Waals surface area (Å²) < 4.78 is 26.9. The maximum atomic E-state index is 12.2. The third-order valence-corrected chi connectivity index (χ3v) is 5.94. The first-order valence-electron chi connectivity index (χ1n) is 6.82. The molecular weight excluding hydrogens is 304 g/mol. The van der Waals surface area contributed by atoms with Crippen LogP contribution in [0.25, 0.3) is 0 Å². The van der Waals surface area contributed by atoms with Crippen molar-refractivity contribution < 1.29 is 8.42 Å². The Morgan fingerprint density at radius 3 is 2.52 bits per heavy atom. The summed E-state index contributed by atoms with van der Waals surface area (Å²) in [4.78, 5) is 2.78. The molecule has 21 heavy (non-hydrogen) atoms. The normalized spacial score (nSPS) is 11.6. The third-order valence-electron chi connectivity index (χ3n) is 3.18. The van der Waals surface area contributed by atoms with Crippen LogP contribution in [0, 0.1) is 13.8 Å². The lowest BCUT2D eigenvalue weighted by Crippen LogP contribution is -2.24. The van der Waals surface area contributed by atoms with Crippen molar-refractivity contribution in [1.29, 1.82) is 0 Å². The fourth-order valence-electron chi connectivity index (χ4n) is 2.03. The third kappa shape index (κ3) is 3.84. The van der Waals surface area contributed by atoms with Gasteiger partial charge in [-0.1, -0.05) is 19.1 Å². The summed E-state index contributed by atoms with van der Waals surface area (Å²) in [6, 6.07) is 9.10. The predicted molar refractivity (Wildman–Crippen MR) is 88.4 cm³/mol. The zero-order chi connectivity index (χ0) is 15.5. The van der Waals surface area contributed by atoms with Gasteiger partial charge in [0.25, 0.3) is 0 Å². The minimum Gasteiger partial charge on any atom is -0.379 e. The summed E-state index contributed by atoms with van der Waals surface area (Å²) >= 11 is 1.73. The Balaban J connectivity index is 2.21. The van der Waals surface area contributed by atoms with Gasteiger partial charge in [-0.05, 0) is 37.6 Å². The Morgan fingerprint density at radius 2 is 1.90 bits per heavy atom. The smallest absolute Gasteiger partial charge is 0.242 e. The first-order chi connectivity index (χ1) is 9.94. The van der Waals surface area contributed by atoms with E-state index < -0.39 is 10.0 Å². The highest BCUT2D eigenvalue weighted by molar-refractivity contribution is 7.89. The van der Waals surface area contributed by atoms with Gasteiger partial charge in [0.15, 0.2) is 0 Å². The van der Waals surface area contributed by atoms with Crippen LogP contribution in [-0.4, -0.2) is 15.0 Å². The Hall–Kier alpha value is -1.37. The van der Waals surface area contributed by atoms with Gasteiger partial charge in [-0.25, -0.2) is 13.1 Å². The topological polar surface area (TPSA) is 58.2 Å². The lowest BCUT2D eigenvalue weighted by Gasteiger charge is -2.12. The highest BCUT2D eigenvalue weighted by Crippen LogP contribution is 2.24. The highest BCUT2D eigenvalue weighted by atomic mass is 32.2. The molecule has 114 valence electrons. The van der Waals surface area contributed by atoms with Crippen molar-refractivity contribution in [3.05, 3.63) is 45.6 Å². The van der Waals surface area contributed by atoms with Gasteiger partial charge in [-0.15, -0.1) is 11.3 Å². The van der Waals surface area contributed by atoms with Crippen molar-refractivity contribution in [1.82, 2.24) is 4.72 Å². The van der Waals surface area contributed by atoms with Crippen molar-refractivity contribution in [3.63, 3.8) is 0 Å². The highest BCUT2D eigenvalue weighted by Gasteiger charge is 2.16. The van der Waals surface area contributed by atoms with E-state index in [4.69, 9.17) is 0 Å². The molecule has 0 bridgehead atoms. The number of benzene rings is 1. The second-order valence-electron chi connectivity index (χ2n) is 4.80.